The van der Waals surface area contributed by atoms with E-state index in [1.54, 1.807) is 0 Å². The molecule has 0 saturated carbocycles. The number of carbonyl (C=O) groups excluding carboxylic acids is 1. The highest BCUT2D eigenvalue weighted by Crippen LogP contribution is 2.30. The summed E-state index contributed by atoms with van der Waals surface area (Å²) in [5, 5.41) is 0. The average molecular weight is 314 g/mol. The van der Waals surface area contributed by atoms with E-state index in [1.165, 1.54) is 0 Å². The monoisotopic (exact) mass is 314 g/mol. The summed E-state index contributed by atoms with van der Waals surface area (Å²) in [4.78, 5) is 11.0. The number of methoxy groups -OCH3 is 1. The van der Waals surface area contributed by atoms with Gasteiger partial charge in [0.25, 0.3) is 0 Å². The smallest absolute Gasteiger partial charge is 0.469 e. The Hall–Kier alpha value is -2.06. The normalized spacial score (nSPS) is 11.4. The predicted octanol–water partition coefficient (Wildman–Crippen LogP) is 3.29. The number of benzene rings is 1. The van der Waals surface area contributed by atoms with E-state index >= 15 is 0 Å². The molecule has 0 aliphatic carbocycles. The van der Waals surface area contributed by atoms with Crippen LogP contribution in [-0.2, 0) is 16.0 Å². The van der Waals surface area contributed by atoms with E-state index in [-0.39, 0.29) is 18.4 Å². The SMILES string of the molecule is COC(=O)CCc1ccc(OC(F)(F)F)cc1OC(F)F. The second kappa shape index (κ2) is 7.09. The first kappa shape index (κ1) is 17.0. The molecule has 0 bridgehead atoms. The molecule has 0 radical (unpaired) electrons. The van der Waals surface area contributed by atoms with Crippen LogP contribution in [0.3, 0.4) is 0 Å². The van der Waals surface area contributed by atoms with Crippen LogP contribution >= 0.6 is 0 Å². The van der Waals surface area contributed by atoms with Crippen molar-refractivity contribution in [3.63, 3.8) is 0 Å². The highest BCUT2D eigenvalue weighted by Gasteiger charge is 2.31. The van der Waals surface area contributed by atoms with Crippen LogP contribution in [0.5, 0.6) is 11.5 Å². The van der Waals surface area contributed by atoms with Gasteiger partial charge in [0.15, 0.2) is 0 Å². The summed E-state index contributed by atoms with van der Waals surface area (Å²) in [6.45, 7) is -3.22. The van der Waals surface area contributed by atoms with E-state index in [0.29, 0.717) is 6.07 Å². The Kier molecular flexibility index (Phi) is 5.74. The fourth-order valence-electron chi connectivity index (χ4n) is 1.48. The number of carbonyl (C=O) groups is 1. The second-order valence-corrected chi connectivity index (χ2v) is 3.77. The molecule has 9 heteroatoms. The average Bonchev–Trinajstić information content (AvgIpc) is 2.34. The van der Waals surface area contributed by atoms with Crippen molar-refractivity contribution in [2.24, 2.45) is 0 Å². The predicted molar refractivity (Wildman–Crippen MR) is 60.1 cm³/mol. The molecule has 118 valence electrons. The molecule has 4 nitrogen and oxygen atoms in total. The maximum atomic E-state index is 12.3. The third-order valence-corrected chi connectivity index (χ3v) is 2.31. The molecular weight excluding hydrogens is 303 g/mol. The Morgan fingerprint density at radius 2 is 1.95 bits per heavy atom. The molecule has 0 fully saturated rings. The molecule has 0 heterocycles. The Labute approximate surface area is 116 Å². The van der Waals surface area contributed by atoms with E-state index in [2.05, 4.69) is 14.2 Å². The Balaban J connectivity index is 2.93. The minimum absolute atomic E-state index is 0.0268. The van der Waals surface area contributed by atoms with Crippen molar-refractivity contribution in [2.45, 2.75) is 25.8 Å². The third kappa shape index (κ3) is 6.28. The maximum Gasteiger partial charge on any atom is 0.573 e. The molecule has 0 amide bonds. The number of hydrogen-bond acceptors (Lipinski definition) is 4. The van der Waals surface area contributed by atoms with Gasteiger partial charge in [-0.15, -0.1) is 13.2 Å². The summed E-state index contributed by atoms with van der Waals surface area (Å²) in [5.41, 5.74) is 0.134. The molecule has 0 aliphatic rings. The van der Waals surface area contributed by atoms with Crippen molar-refractivity contribution in [3.8, 4) is 11.5 Å². The van der Waals surface area contributed by atoms with Crippen LogP contribution in [0.1, 0.15) is 12.0 Å². The van der Waals surface area contributed by atoms with Crippen LogP contribution in [0, 0.1) is 0 Å². The fourth-order valence-corrected chi connectivity index (χ4v) is 1.48. The molecule has 0 unspecified atom stereocenters. The molecule has 0 aromatic heterocycles. The quantitative estimate of drug-likeness (QED) is 0.597. The summed E-state index contributed by atoms with van der Waals surface area (Å²) in [5.74, 6) is -1.77. The molecule has 1 rings (SSSR count). The minimum Gasteiger partial charge on any atom is -0.469 e. The van der Waals surface area contributed by atoms with Gasteiger partial charge >= 0.3 is 18.9 Å². The molecule has 0 N–H and O–H groups in total. The Morgan fingerprint density at radius 1 is 1.29 bits per heavy atom. The van der Waals surface area contributed by atoms with Gasteiger partial charge in [0, 0.05) is 12.5 Å². The number of rotatable bonds is 6. The van der Waals surface area contributed by atoms with Gasteiger partial charge in [-0.3, -0.25) is 4.79 Å². The van der Waals surface area contributed by atoms with E-state index in [9.17, 15) is 26.7 Å². The fraction of sp³-hybridized carbons (Fsp3) is 0.417. The van der Waals surface area contributed by atoms with E-state index < -0.39 is 30.4 Å². The van der Waals surface area contributed by atoms with Gasteiger partial charge in [-0.2, -0.15) is 8.78 Å². The van der Waals surface area contributed by atoms with Crippen LogP contribution in [0.25, 0.3) is 0 Å². The molecule has 0 atom stereocenters. The van der Waals surface area contributed by atoms with Crippen LogP contribution in [0.2, 0.25) is 0 Å². The molecule has 0 saturated heterocycles. The lowest BCUT2D eigenvalue weighted by Crippen LogP contribution is -2.17. The minimum atomic E-state index is -4.95. The van der Waals surface area contributed by atoms with Crippen LogP contribution in [-0.4, -0.2) is 26.1 Å². The first-order valence-corrected chi connectivity index (χ1v) is 5.61. The first-order valence-electron chi connectivity index (χ1n) is 5.61. The van der Waals surface area contributed by atoms with Gasteiger partial charge in [0.1, 0.15) is 11.5 Å². The van der Waals surface area contributed by atoms with Gasteiger partial charge in [-0.1, -0.05) is 6.07 Å². The molecule has 1 aromatic carbocycles. The standard InChI is InChI=1S/C12H11F5O4/c1-19-10(18)5-3-7-2-4-8(21-12(15,16)17)6-9(7)20-11(13)14/h2,4,6,11H,3,5H2,1H3. The van der Waals surface area contributed by atoms with Crippen molar-refractivity contribution in [1.82, 2.24) is 0 Å². The van der Waals surface area contributed by atoms with Gasteiger partial charge in [-0.25, -0.2) is 0 Å². The topological polar surface area (TPSA) is 44.8 Å². The molecule has 21 heavy (non-hydrogen) atoms. The van der Waals surface area contributed by atoms with Gasteiger partial charge in [-0.05, 0) is 18.1 Å². The molecular formula is C12H11F5O4. The van der Waals surface area contributed by atoms with Crippen LogP contribution in [0.4, 0.5) is 22.0 Å². The lowest BCUT2D eigenvalue weighted by Gasteiger charge is -2.14. The number of hydrogen-bond donors (Lipinski definition) is 0. The highest BCUT2D eigenvalue weighted by molar-refractivity contribution is 5.69. The van der Waals surface area contributed by atoms with Crippen molar-refractivity contribution in [1.29, 1.82) is 0 Å². The summed E-state index contributed by atoms with van der Waals surface area (Å²) in [6, 6.07) is 2.74. The molecule has 0 spiro atoms. The van der Waals surface area contributed by atoms with Gasteiger partial charge < -0.3 is 14.2 Å². The molecule has 1 aromatic rings. The lowest BCUT2D eigenvalue weighted by molar-refractivity contribution is -0.274. The number of alkyl halides is 5. The van der Waals surface area contributed by atoms with E-state index in [1.807, 2.05) is 0 Å². The maximum absolute atomic E-state index is 12.3. The van der Waals surface area contributed by atoms with Crippen molar-refractivity contribution >= 4 is 5.97 Å². The first-order chi connectivity index (χ1) is 9.71. The zero-order valence-corrected chi connectivity index (χ0v) is 10.7. The Bertz CT molecular complexity index is 487. The van der Waals surface area contributed by atoms with E-state index in [0.717, 1.165) is 19.2 Å². The number of halogens is 5. The lowest BCUT2D eigenvalue weighted by atomic mass is 10.1. The Morgan fingerprint density at radius 3 is 2.48 bits per heavy atom. The largest absolute Gasteiger partial charge is 0.573 e. The van der Waals surface area contributed by atoms with E-state index in [4.69, 9.17) is 0 Å². The van der Waals surface area contributed by atoms with Crippen molar-refractivity contribution < 1.29 is 41.0 Å². The molecule has 0 aliphatic heterocycles. The summed E-state index contributed by atoms with van der Waals surface area (Å²) in [7, 11) is 1.15. The highest BCUT2D eigenvalue weighted by atomic mass is 19.4. The summed E-state index contributed by atoms with van der Waals surface area (Å²) < 4.78 is 72.8. The number of esters is 1. The van der Waals surface area contributed by atoms with Gasteiger partial charge in [0.2, 0.25) is 0 Å². The van der Waals surface area contributed by atoms with Crippen LogP contribution in [0.15, 0.2) is 18.2 Å². The van der Waals surface area contributed by atoms with Crippen LogP contribution < -0.4 is 9.47 Å². The number of aryl methyl sites for hydroxylation is 1. The third-order valence-electron chi connectivity index (χ3n) is 2.31. The zero-order valence-electron chi connectivity index (χ0n) is 10.7. The summed E-state index contributed by atoms with van der Waals surface area (Å²) >= 11 is 0. The summed E-state index contributed by atoms with van der Waals surface area (Å²) in [6.07, 6.45) is -5.10. The van der Waals surface area contributed by atoms with Gasteiger partial charge in [0.05, 0.1) is 7.11 Å². The van der Waals surface area contributed by atoms with Crippen molar-refractivity contribution in [2.75, 3.05) is 7.11 Å². The second-order valence-electron chi connectivity index (χ2n) is 3.77. The number of ether oxygens (including phenoxy) is 3. The zero-order chi connectivity index (χ0) is 16.0. The van der Waals surface area contributed by atoms with Crippen molar-refractivity contribution in [3.05, 3.63) is 23.8 Å².